The quantitative estimate of drug-likeness (QED) is 0.880. The van der Waals surface area contributed by atoms with E-state index in [1.165, 1.54) is 25.9 Å². The van der Waals surface area contributed by atoms with E-state index in [4.69, 9.17) is 0 Å². The van der Waals surface area contributed by atoms with Gasteiger partial charge in [-0.05, 0) is 56.8 Å². The molecule has 118 valence electrons. The number of anilines is 1. The summed E-state index contributed by atoms with van der Waals surface area (Å²) in [4.78, 5) is 15.4. The predicted molar refractivity (Wildman–Crippen MR) is 88.0 cm³/mol. The van der Waals surface area contributed by atoms with Crippen LogP contribution in [0.2, 0.25) is 0 Å². The zero-order valence-electron chi connectivity index (χ0n) is 13.2. The number of piperidine rings is 3. The van der Waals surface area contributed by atoms with Gasteiger partial charge in [0.15, 0.2) is 0 Å². The van der Waals surface area contributed by atoms with Gasteiger partial charge < -0.3 is 15.5 Å². The number of hydrogen-bond donors (Lipinski definition) is 2. The van der Waals surface area contributed by atoms with Crippen LogP contribution in [-0.2, 0) is 4.79 Å². The summed E-state index contributed by atoms with van der Waals surface area (Å²) < 4.78 is 0. The SMILES string of the molecule is CC1CC(C(=O)NC2CN3CCC2CC3)c2ccccc2N1. The summed E-state index contributed by atoms with van der Waals surface area (Å²) in [6.07, 6.45) is 3.36. The van der Waals surface area contributed by atoms with Crippen LogP contribution >= 0.6 is 0 Å². The molecule has 0 aliphatic carbocycles. The average molecular weight is 299 g/mol. The van der Waals surface area contributed by atoms with Crippen LogP contribution in [0.25, 0.3) is 0 Å². The van der Waals surface area contributed by atoms with Crippen LogP contribution in [0, 0.1) is 5.92 Å². The molecule has 4 nitrogen and oxygen atoms in total. The van der Waals surface area contributed by atoms with Crippen molar-refractivity contribution < 1.29 is 4.79 Å². The highest BCUT2D eigenvalue weighted by Gasteiger charge is 2.37. The van der Waals surface area contributed by atoms with E-state index in [1.54, 1.807) is 0 Å². The van der Waals surface area contributed by atoms with Crippen molar-refractivity contribution >= 4 is 11.6 Å². The summed E-state index contributed by atoms with van der Waals surface area (Å²) in [5, 5.41) is 6.86. The molecule has 3 saturated heterocycles. The number of carbonyl (C=O) groups excluding carboxylic acids is 1. The Morgan fingerprint density at radius 2 is 2.05 bits per heavy atom. The fourth-order valence-corrected chi connectivity index (χ4v) is 4.40. The molecule has 0 aromatic heterocycles. The Kier molecular flexibility index (Phi) is 3.57. The lowest BCUT2D eigenvalue weighted by atomic mass is 9.82. The Bertz CT molecular complexity index is 565. The van der Waals surface area contributed by atoms with Crippen molar-refractivity contribution in [1.29, 1.82) is 0 Å². The molecule has 0 spiro atoms. The monoisotopic (exact) mass is 299 g/mol. The fourth-order valence-electron chi connectivity index (χ4n) is 4.40. The van der Waals surface area contributed by atoms with Crippen molar-refractivity contribution in [2.24, 2.45) is 5.92 Å². The van der Waals surface area contributed by atoms with E-state index in [0.717, 1.165) is 24.2 Å². The Morgan fingerprint density at radius 1 is 1.27 bits per heavy atom. The molecule has 4 heteroatoms. The van der Waals surface area contributed by atoms with Gasteiger partial charge in [-0.15, -0.1) is 0 Å². The van der Waals surface area contributed by atoms with E-state index in [-0.39, 0.29) is 11.8 Å². The average Bonchev–Trinajstić information content (AvgIpc) is 2.55. The third kappa shape index (κ3) is 2.50. The van der Waals surface area contributed by atoms with Gasteiger partial charge in [-0.3, -0.25) is 4.79 Å². The summed E-state index contributed by atoms with van der Waals surface area (Å²) in [5.41, 5.74) is 2.27. The molecule has 4 heterocycles. The summed E-state index contributed by atoms with van der Waals surface area (Å²) in [6.45, 7) is 5.62. The molecule has 22 heavy (non-hydrogen) atoms. The van der Waals surface area contributed by atoms with Crippen molar-refractivity contribution in [1.82, 2.24) is 10.2 Å². The van der Waals surface area contributed by atoms with Gasteiger partial charge in [0.05, 0.1) is 5.92 Å². The van der Waals surface area contributed by atoms with E-state index in [2.05, 4.69) is 34.6 Å². The van der Waals surface area contributed by atoms with Crippen molar-refractivity contribution in [3.63, 3.8) is 0 Å². The molecule has 1 aromatic carbocycles. The first-order chi connectivity index (χ1) is 10.7. The van der Waals surface area contributed by atoms with Gasteiger partial charge in [0.2, 0.25) is 5.91 Å². The number of nitrogens with one attached hydrogen (secondary N) is 2. The molecule has 1 amide bonds. The smallest absolute Gasteiger partial charge is 0.227 e. The minimum absolute atomic E-state index is 0.0112. The Labute approximate surface area is 132 Å². The van der Waals surface area contributed by atoms with Gasteiger partial charge in [-0.25, -0.2) is 0 Å². The summed E-state index contributed by atoms with van der Waals surface area (Å²) in [7, 11) is 0. The van der Waals surface area contributed by atoms with Crippen LogP contribution in [0.5, 0.6) is 0 Å². The molecule has 2 N–H and O–H groups in total. The Hall–Kier alpha value is -1.55. The van der Waals surface area contributed by atoms with Gasteiger partial charge in [0.1, 0.15) is 0 Å². The molecule has 3 unspecified atom stereocenters. The van der Waals surface area contributed by atoms with Crippen LogP contribution in [-0.4, -0.2) is 42.5 Å². The minimum Gasteiger partial charge on any atom is -0.382 e. The first kappa shape index (κ1) is 14.1. The highest BCUT2D eigenvalue weighted by Crippen LogP contribution is 2.35. The number of hydrogen-bond acceptors (Lipinski definition) is 3. The second-order valence-electron chi connectivity index (χ2n) is 7.17. The molecule has 5 rings (SSSR count). The van der Waals surface area contributed by atoms with E-state index in [0.29, 0.717) is 18.0 Å². The topological polar surface area (TPSA) is 44.4 Å². The number of rotatable bonds is 2. The highest BCUT2D eigenvalue weighted by atomic mass is 16.2. The normalized spacial score (nSPS) is 36.3. The number of fused-ring (bicyclic) bond motifs is 4. The Balaban J connectivity index is 1.51. The van der Waals surface area contributed by atoms with Crippen molar-refractivity contribution in [2.45, 2.75) is 44.2 Å². The first-order valence-corrected chi connectivity index (χ1v) is 8.59. The largest absolute Gasteiger partial charge is 0.382 e. The molecule has 4 aliphatic heterocycles. The van der Waals surface area contributed by atoms with Crippen molar-refractivity contribution in [3.8, 4) is 0 Å². The number of benzene rings is 1. The highest BCUT2D eigenvalue weighted by molar-refractivity contribution is 5.86. The van der Waals surface area contributed by atoms with E-state index in [9.17, 15) is 4.79 Å². The van der Waals surface area contributed by atoms with Crippen LogP contribution in [0.4, 0.5) is 5.69 Å². The molecule has 2 bridgehead atoms. The minimum atomic E-state index is -0.0112. The molecule has 0 saturated carbocycles. The van der Waals surface area contributed by atoms with Crippen molar-refractivity contribution in [3.05, 3.63) is 29.8 Å². The number of nitrogens with zero attached hydrogens (tertiary/aromatic N) is 1. The van der Waals surface area contributed by atoms with E-state index in [1.807, 2.05) is 12.1 Å². The van der Waals surface area contributed by atoms with E-state index < -0.39 is 0 Å². The summed E-state index contributed by atoms with van der Waals surface area (Å²) in [5.74, 6) is 0.894. The second kappa shape index (κ2) is 5.58. The Morgan fingerprint density at radius 3 is 2.77 bits per heavy atom. The van der Waals surface area contributed by atoms with Gasteiger partial charge in [-0.1, -0.05) is 18.2 Å². The van der Waals surface area contributed by atoms with Crippen LogP contribution in [0.15, 0.2) is 24.3 Å². The maximum absolute atomic E-state index is 12.9. The molecule has 3 atom stereocenters. The first-order valence-electron chi connectivity index (χ1n) is 8.59. The maximum Gasteiger partial charge on any atom is 0.227 e. The predicted octanol–water partition coefficient (Wildman–Crippen LogP) is 2.18. The third-order valence-corrected chi connectivity index (χ3v) is 5.63. The lowest BCUT2D eigenvalue weighted by Gasteiger charge is -2.45. The molecular formula is C18H25N3O. The summed E-state index contributed by atoms with van der Waals surface area (Å²) in [6, 6.07) is 8.94. The van der Waals surface area contributed by atoms with Gasteiger partial charge in [-0.2, -0.15) is 0 Å². The molecule has 4 aliphatic rings. The van der Waals surface area contributed by atoms with Crippen LogP contribution in [0.1, 0.15) is 37.7 Å². The lowest BCUT2D eigenvalue weighted by molar-refractivity contribution is -0.125. The molecule has 3 fully saturated rings. The lowest BCUT2D eigenvalue weighted by Crippen LogP contribution is -2.58. The second-order valence-corrected chi connectivity index (χ2v) is 7.17. The third-order valence-electron chi connectivity index (χ3n) is 5.63. The zero-order chi connectivity index (χ0) is 15.1. The van der Waals surface area contributed by atoms with Crippen LogP contribution < -0.4 is 10.6 Å². The maximum atomic E-state index is 12.9. The van der Waals surface area contributed by atoms with Gasteiger partial charge >= 0.3 is 0 Å². The summed E-state index contributed by atoms with van der Waals surface area (Å²) >= 11 is 0. The number of para-hydroxylation sites is 1. The number of carbonyl (C=O) groups is 1. The standard InChI is InChI=1S/C18H25N3O/c1-12-10-15(14-4-2-3-5-16(14)19-12)18(22)20-17-11-21-8-6-13(17)7-9-21/h2-5,12-13,15,17,19H,6-11H2,1H3,(H,20,22). The zero-order valence-corrected chi connectivity index (χ0v) is 13.2. The molecular weight excluding hydrogens is 274 g/mol. The van der Waals surface area contributed by atoms with Crippen LogP contribution in [0.3, 0.4) is 0 Å². The van der Waals surface area contributed by atoms with E-state index >= 15 is 0 Å². The molecule has 1 aromatic rings. The fraction of sp³-hybridized carbons (Fsp3) is 0.611. The molecule has 0 radical (unpaired) electrons. The number of amides is 1. The van der Waals surface area contributed by atoms with Gasteiger partial charge in [0, 0.05) is 24.3 Å². The van der Waals surface area contributed by atoms with Gasteiger partial charge in [0.25, 0.3) is 0 Å². The van der Waals surface area contributed by atoms with Crippen molar-refractivity contribution in [2.75, 3.05) is 25.0 Å².